The van der Waals surface area contributed by atoms with Crippen molar-refractivity contribution in [1.29, 1.82) is 0 Å². The molecular weight excluding hydrogens is 339 g/mol. The van der Waals surface area contributed by atoms with Gasteiger partial charge in [-0.25, -0.2) is 9.18 Å². The van der Waals surface area contributed by atoms with Crippen molar-refractivity contribution < 1.29 is 13.4 Å². The number of nitrogens with one attached hydrogen (secondary N) is 2. The largest absolute Gasteiger partial charge is 0.334 e. The van der Waals surface area contributed by atoms with E-state index in [0.717, 1.165) is 11.1 Å². The van der Waals surface area contributed by atoms with E-state index in [1.807, 2.05) is 39.0 Å². The zero-order valence-electron chi connectivity index (χ0n) is 14.6. The zero-order valence-corrected chi connectivity index (χ0v) is 15.5. The van der Waals surface area contributed by atoms with Crippen LogP contribution in [0.4, 0.5) is 14.9 Å². The van der Waals surface area contributed by atoms with Gasteiger partial charge in [0.15, 0.2) is 0 Å². The normalized spacial score (nSPS) is 12.5. The van der Waals surface area contributed by atoms with Gasteiger partial charge in [-0.2, -0.15) is 0 Å². The summed E-state index contributed by atoms with van der Waals surface area (Å²) in [4.78, 5) is 12.0. The molecule has 0 radical (unpaired) electrons. The Balaban J connectivity index is 1.91. The Kier molecular flexibility index (Phi) is 6.31. The van der Waals surface area contributed by atoms with Gasteiger partial charge in [-0.15, -0.1) is 0 Å². The van der Waals surface area contributed by atoms with E-state index in [1.54, 1.807) is 18.2 Å². The van der Waals surface area contributed by atoms with Crippen LogP contribution in [0.5, 0.6) is 0 Å². The molecule has 1 unspecified atom stereocenters. The van der Waals surface area contributed by atoms with E-state index in [0.29, 0.717) is 18.0 Å². The standard InChI is InChI=1S/C19H23FN2O2S/c1-19(2,3)25(24)13-15-5-4-6-17(11-15)22-18(23)21-12-14-7-9-16(20)10-8-14/h4-11H,12-13H2,1-3H3,(H2,21,22,23). The van der Waals surface area contributed by atoms with Crippen LogP contribution in [0.25, 0.3) is 0 Å². The predicted molar refractivity (Wildman–Crippen MR) is 100 cm³/mol. The third kappa shape index (κ3) is 6.31. The molecule has 25 heavy (non-hydrogen) atoms. The highest BCUT2D eigenvalue weighted by Gasteiger charge is 2.19. The average Bonchev–Trinajstić information content (AvgIpc) is 2.54. The molecule has 0 aliphatic heterocycles. The van der Waals surface area contributed by atoms with E-state index in [4.69, 9.17) is 0 Å². The van der Waals surface area contributed by atoms with Crippen LogP contribution in [0.15, 0.2) is 48.5 Å². The van der Waals surface area contributed by atoms with Gasteiger partial charge in [0.05, 0.1) is 0 Å². The van der Waals surface area contributed by atoms with E-state index >= 15 is 0 Å². The zero-order chi connectivity index (χ0) is 18.4. The smallest absolute Gasteiger partial charge is 0.319 e. The highest BCUT2D eigenvalue weighted by Crippen LogP contribution is 2.18. The maximum Gasteiger partial charge on any atom is 0.319 e. The Labute approximate surface area is 150 Å². The van der Waals surface area contributed by atoms with Crippen molar-refractivity contribution in [2.45, 2.75) is 37.8 Å². The minimum Gasteiger partial charge on any atom is -0.334 e. The molecular formula is C19H23FN2O2S. The van der Waals surface area contributed by atoms with E-state index in [9.17, 15) is 13.4 Å². The van der Waals surface area contributed by atoms with E-state index in [-0.39, 0.29) is 16.6 Å². The first kappa shape index (κ1) is 19.1. The molecule has 2 aromatic rings. The van der Waals surface area contributed by atoms with Gasteiger partial charge < -0.3 is 10.6 Å². The summed E-state index contributed by atoms with van der Waals surface area (Å²) >= 11 is 0. The molecule has 2 aromatic carbocycles. The number of benzene rings is 2. The number of hydrogen-bond donors (Lipinski definition) is 2. The number of halogens is 1. The van der Waals surface area contributed by atoms with E-state index < -0.39 is 10.8 Å². The van der Waals surface area contributed by atoms with Crippen LogP contribution in [-0.4, -0.2) is 15.0 Å². The lowest BCUT2D eigenvalue weighted by atomic mass is 10.2. The summed E-state index contributed by atoms with van der Waals surface area (Å²) in [6, 6.07) is 12.9. The van der Waals surface area contributed by atoms with Gasteiger partial charge in [-0.1, -0.05) is 24.3 Å². The number of rotatable bonds is 5. The Morgan fingerprint density at radius 2 is 1.76 bits per heavy atom. The molecule has 2 amide bonds. The summed E-state index contributed by atoms with van der Waals surface area (Å²) in [5.41, 5.74) is 2.36. The lowest BCUT2D eigenvalue weighted by Gasteiger charge is -2.18. The molecule has 6 heteroatoms. The summed E-state index contributed by atoms with van der Waals surface area (Å²) in [7, 11) is -0.999. The fourth-order valence-corrected chi connectivity index (χ4v) is 2.98. The number of urea groups is 1. The number of anilines is 1. The molecule has 0 saturated carbocycles. The minimum atomic E-state index is -0.999. The highest BCUT2D eigenvalue weighted by atomic mass is 32.2. The van der Waals surface area contributed by atoms with Crippen molar-refractivity contribution in [2.24, 2.45) is 0 Å². The molecule has 134 valence electrons. The second-order valence-electron chi connectivity index (χ2n) is 6.74. The second kappa shape index (κ2) is 8.25. The Bertz CT molecular complexity index is 755. The summed E-state index contributed by atoms with van der Waals surface area (Å²) < 4.78 is 24.8. The van der Waals surface area contributed by atoms with Crippen molar-refractivity contribution in [2.75, 3.05) is 5.32 Å². The molecule has 0 fully saturated rings. The van der Waals surface area contributed by atoms with Crippen molar-refractivity contribution in [3.63, 3.8) is 0 Å². The first-order valence-electron chi connectivity index (χ1n) is 8.01. The maximum absolute atomic E-state index is 12.9. The lowest BCUT2D eigenvalue weighted by Crippen LogP contribution is -2.28. The van der Waals surface area contributed by atoms with Gasteiger partial charge >= 0.3 is 6.03 Å². The van der Waals surface area contributed by atoms with Crippen LogP contribution in [0.3, 0.4) is 0 Å². The van der Waals surface area contributed by atoms with Crippen molar-refractivity contribution >= 4 is 22.5 Å². The molecule has 0 heterocycles. The van der Waals surface area contributed by atoms with Crippen LogP contribution in [0.2, 0.25) is 0 Å². The molecule has 1 atom stereocenters. The summed E-state index contributed by atoms with van der Waals surface area (Å²) in [5.74, 6) is 0.133. The summed E-state index contributed by atoms with van der Waals surface area (Å²) in [6.07, 6.45) is 0. The van der Waals surface area contributed by atoms with Crippen LogP contribution >= 0.6 is 0 Å². The minimum absolute atomic E-state index is 0.282. The monoisotopic (exact) mass is 362 g/mol. The quantitative estimate of drug-likeness (QED) is 0.838. The van der Waals surface area contributed by atoms with E-state index in [2.05, 4.69) is 10.6 Å². The highest BCUT2D eigenvalue weighted by molar-refractivity contribution is 7.85. The fraction of sp³-hybridized carbons (Fsp3) is 0.316. The van der Waals surface area contributed by atoms with Gasteiger partial charge in [0, 0.05) is 33.5 Å². The first-order chi connectivity index (χ1) is 11.7. The third-order valence-corrected chi connectivity index (χ3v) is 5.49. The van der Waals surface area contributed by atoms with E-state index in [1.165, 1.54) is 12.1 Å². The number of carbonyl (C=O) groups is 1. The van der Waals surface area contributed by atoms with Gasteiger partial charge in [0.25, 0.3) is 0 Å². The second-order valence-corrected chi connectivity index (χ2v) is 8.94. The molecule has 4 nitrogen and oxygen atoms in total. The maximum atomic E-state index is 12.9. The summed E-state index contributed by atoms with van der Waals surface area (Å²) in [6.45, 7) is 6.12. The SMILES string of the molecule is CC(C)(C)S(=O)Cc1cccc(NC(=O)NCc2ccc(F)cc2)c1. The van der Waals surface area contributed by atoms with Gasteiger partial charge in [-0.3, -0.25) is 4.21 Å². The number of amides is 2. The summed E-state index contributed by atoms with van der Waals surface area (Å²) in [5, 5.41) is 5.47. The topological polar surface area (TPSA) is 58.2 Å². The molecule has 0 aliphatic carbocycles. The van der Waals surface area contributed by atoms with Crippen LogP contribution in [-0.2, 0) is 23.1 Å². The van der Waals surface area contributed by atoms with Crippen molar-refractivity contribution in [3.05, 3.63) is 65.5 Å². The molecule has 0 bridgehead atoms. The molecule has 0 spiro atoms. The van der Waals surface area contributed by atoms with Crippen LogP contribution in [0.1, 0.15) is 31.9 Å². The Morgan fingerprint density at radius 1 is 1.08 bits per heavy atom. The van der Waals surface area contributed by atoms with Crippen molar-refractivity contribution in [1.82, 2.24) is 5.32 Å². The van der Waals surface area contributed by atoms with Gasteiger partial charge in [-0.05, 0) is 56.2 Å². The fourth-order valence-electron chi connectivity index (χ4n) is 2.07. The van der Waals surface area contributed by atoms with Crippen LogP contribution < -0.4 is 10.6 Å². The van der Waals surface area contributed by atoms with Gasteiger partial charge in [0.2, 0.25) is 0 Å². The molecule has 2 rings (SSSR count). The van der Waals surface area contributed by atoms with Gasteiger partial charge in [0.1, 0.15) is 5.82 Å². The first-order valence-corrected chi connectivity index (χ1v) is 9.32. The predicted octanol–water partition coefficient (Wildman–Crippen LogP) is 4.19. The average molecular weight is 362 g/mol. The number of carbonyl (C=O) groups excluding carboxylic acids is 1. The Hall–Kier alpha value is -2.21. The number of hydrogen-bond acceptors (Lipinski definition) is 2. The molecule has 0 aliphatic rings. The molecule has 0 aromatic heterocycles. The molecule has 2 N–H and O–H groups in total. The third-order valence-electron chi connectivity index (χ3n) is 3.53. The lowest BCUT2D eigenvalue weighted by molar-refractivity contribution is 0.251. The molecule has 0 saturated heterocycles. The Morgan fingerprint density at radius 3 is 2.40 bits per heavy atom. The van der Waals surface area contributed by atoms with Crippen LogP contribution in [0, 0.1) is 5.82 Å². The van der Waals surface area contributed by atoms with Crippen molar-refractivity contribution in [3.8, 4) is 0 Å².